The van der Waals surface area contributed by atoms with Crippen molar-refractivity contribution >= 4 is 17.7 Å². The van der Waals surface area contributed by atoms with E-state index in [4.69, 9.17) is 0 Å². The zero-order valence-corrected chi connectivity index (χ0v) is 12.5. The molecule has 0 aliphatic rings. The normalized spacial score (nSPS) is 13.9. The van der Waals surface area contributed by atoms with E-state index < -0.39 is 12.1 Å². The molecule has 6 heteroatoms. The highest BCUT2D eigenvalue weighted by Crippen LogP contribution is 2.02. The second kappa shape index (κ2) is 7.76. The summed E-state index contributed by atoms with van der Waals surface area (Å²) in [5.74, 6) is -0.914. The zero-order chi connectivity index (χ0) is 15.2. The van der Waals surface area contributed by atoms with Crippen LogP contribution in [0.25, 0.3) is 0 Å². The minimum Gasteiger partial charge on any atom is -0.352 e. The molecule has 110 valence electrons. The van der Waals surface area contributed by atoms with Crippen LogP contribution in [-0.4, -0.2) is 35.8 Å². The second-order valence-corrected chi connectivity index (χ2v) is 5.32. The second-order valence-electron chi connectivity index (χ2n) is 5.32. The Balaban J connectivity index is 4.55. The molecule has 2 atom stereocenters. The SMILES string of the molecule is CC(=O)N[C@H](C(=O)N[C@@H](C)C(=O)NC(C)C)C(C)C. The van der Waals surface area contributed by atoms with Crippen LogP contribution in [-0.2, 0) is 14.4 Å². The monoisotopic (exact) mass is 271 g/mol. The standard InChI is InChI=1S/C13H25N3O3/c1-7(2)11(16-10(6)17)13(19)15-9(5)12(18)14-8(3)4/h7-9,11H,1-6H3,(H,14,18)(H,15,19)(H,16,17)/t9-,11-/m0/s1. The van der Waals surface area contributed by atoms with Gasteiger partial charge in [-0.1, -0.05) is 13.8 Å². The van der Waals surface area contributed by atoms with Gasteiger partial charge >= 0.3 is 0 Å². The van der Waals surface area contributed by atoms with Gasteiger partial charge < -0.3 is 16.0 Å². The molecule has 0 radical (unpaired) electrons. The van der Waals surface area contributed by atoms with Crippen LogP contribution in [0.3, 0.4) is 0 Å². The lowest BCUT2D eigenvalue weighted by molar-refractivity contribution is -0.132. The summed E-state index contributed by atoms with van der Waals surface area (Å²) in [6.45, 7) is 10.3. The van der Waals surface area contributed by atoms with Crippen LogP contribution in [0.15, 0.2) is 0 Å². The van der Waals surface area contributed by atoms with Crippen LogP contribution in [0.1, 0.15) is 41.5 Å². The fourth-order valence-electron chi connectivity index (χ4n) is 1.53. The molecule has 0 aromatic rings. The van der Waals surface area contributed by atoms with Gasteiger partial charge in [-0.15, -0.1) is 0 Å². The van der Waals surface area contributed by atoms with Gasteiger partial charge in [0.1, 0.15) is 12.1 Å². The highest BCUT2D eigenvalue weighted by molar-refractivity contribution is 5.91. The molecule has 0 aromatic carbocycles. The third kappa shape index (κ3) is 6.79. The number of carbonyl (C=O) groups excluding carboxylic acids is 3. The van der Waals surface area contributed by atoms with Crippen LogP contribution in [0, 0.1) is 5.92 Å². The van der Waals surface area contributed by atoms with Gasteiger partial charge in [-0.05, 0) is 26.7 Å². The Morgan fingerprint density at radius 2 is 1.32 bits per heavy atom. The molecule has 3 amide bonds. The van der Waals surface area contributed by atoms with Gasteiger partial charge in [0.05, 0.1) is 0 Å². The molecule has 0 spiro atoms. The van der Waals surface area contributed by atoms with Crippen LogP contribution >= 0.6 is 0 Å². The molecule has 0 fully saturated rings. The molecular weight excluding hydrogens is 246 g/mol. The first-order valence-corrected chi connectivity index (χ1v) is 6.53. The van der Waals surface area contributed by atoms with E-state index in [1.165, 1.54) is 6.92 Å². The molecule has 0 unspecified atom stereocenters. The van der Waals surface area contributed by atoms with Gasteiger partial charge in [-0.2, -0.15) is 0 Å². The summed E-state index contributed by atoms with van der Waals surface area (Å²) in [4.78, 5) is 34.8. The number of carbonyl (C=O) groups is 3. The van der Waals surface area contributed by atoms with Crippen LogP contribution < -0.4 is 16.0 Å². The molecule has 0 aliphatic carbocycles. The smallest absolute Gasteiger partial charge is 0.243 e. The first-order chi connectivity index (χ1) is 8.65. The average molecular weight is 271 g/mol. The van der Waals surface area contributed by atoms with Crippen LogP contribution in [0.2, 0.25) is 0 Å². The largest absolute Gasteiger partial charge is 0.352 e. The van der Waals surface area contributed by atoms with Gasteiger partial charge in [0.25, 0.3) is 0 Å². The lowest BCUT2D eigenvalue weighted by Gasteiger charge is -2.23. The van der Waals surface area contributed by atoms with Crippen molar-refractivity contribution in [3.05, 3.63) is 0 Å². The molecule has 0 aromatic heterocycles. The van der Waals surface area contributed by atoms with E-state index in [0.717, 1.165) is 0 Å². The third-order valence-electron chi connectivity index (χ3n) is 2.49. The Bertz CT molecular complexity index is 340. The molecular formula is C13H25N3O3. The van der Waals surface area contributed by atoms with Crippen molar-refractivity contribution in [3.8, 4) is 0 Å². The summed E-state index contributed by atoms with van der Waals surface area (Å²) in [6, 6.07) is -1.25. The predicted molar refractivity (Wildman–Crippen MR) is 73.3 cm³/mol. The minimum absolute atomic E-state index is 0.0168. The Kier molecular flexibility index (Phi) is 7.11. The number of amides is 3. The third-order valence-corrected chi connectivity index (χ3v) is 2.49. The Morgan fingerprint density at radius 3 is 1.68 bits per heavy atom. The summed E-state index contributed by atoms with van der Waals surface area (Å²) < 4.78 is 0. The van der Waals surface area contributed by atoms with Gasteiger partial charge in [-0.25, -0.2) is 0 Å². The Labute approximate surface area is 114 Å². The zero-order valence-electron chi connectivity index (χ0n) is 12.5. The quantitative estimate of drug-likeness (QED) is 0.644. The molecule has 0 heterocycles. The van der Waals surface area contributed by atoms with Gasteiger partial charge in [0.15, 0.2) is 0 Å². The maximum absolute atomic E-state index is 12.0. The summed E-state index contributed by atoms with van der Waals surface area (Å²) in [6.07, 6.45) is 0. The summed E-state index contributed by atoms with van der Waals surface area (Å²) >= 11 is 0. The first-order valence-electron chi connectivity index (χ1n) is 6.53. The van der Waals surface area contributed by atoms with Gasteiger partial charge in [-0.3, -0.25) is 14.4 Å². The average Bonchev–Trinajstić information content (AvgIpc) is 2.23. The lowest BCUT2D eigenvalue weighted by atomic mass is 10.0. The topological polar surface area (TPSA) is 87.3 Å². The van der Waals surface area contributed by atoms with E-state index in [-0.39, 0.29) is 29.7 Å². The maximum Gasteiger partial charge on any atom is 0.243 e. The van der Waals surface area contributed by atoms with Crippen molar-refractivity contribution < 1.29 is 14.4 Å². The molecule has 19 heavy (non-hydrogen) atoms. The molecule has 0 saturated heterocycles. The van der Waals surface area contributed by atoms with E-state index in [0.29, 0.717) is 0 Å². The van der Waals surface area contributed by atoms with Crippen LogP contribution in [0.5, 0.6) is 0 Å². The summed E-state index contributed by atoms with van der Waals surface area (Å²) in [7, 11) is 0. The van der Waals surface area contributed by atoms with E-state index in [2.05, 4.69) is 16.0 Å². The fourth-order valence-corrected chi connectivity index (χ4v) is 1.53. The number of hydrogen-bond acceptors (Lipinski definition) is 3. The van der Waals surface area contributed by atoms with E-state index in [9.17, 15) is 14.4 Å². The summed E-state index contributed by atoms with van der Waals surface area (Å²) in [5, 5.41) is 7.90. The molecule has 3 N–H and O–H groups in total. The molecule has 6 nitrogen and oxygen atoms in total. The number of hydrogen-bond donors (Lipinski definition) is 3. The number of nitrogens with one attached hydrogen (secondary N) is 3. The van der Waals surface area contributed by atoms with Gasteiger partial charge in [0, 0.05) is 13.0 Å². The minimum atomic E-state index is -0.634. The molecule has 0 rings (SSSR count). The number of rotatable bonds is 6. The Hall–Kier alpha value is -1.59. The highest BCUT2D eigenvalue weighted by Gasteiger charge is 2.26. The predicted octanol–water partition coefficient (Wildman–Crippen LogP) is 0.176. The van der Waals surface area contributed by atoms with Crippen molar-refractivity contribution in [1.82, 2.24) is 16.0 Å². The lowest BCUT2D eigenvalue weighted by Crippen LogP contribution is -2.54. The van der Waals surface area contributed by atoms with Crippen molar-refractivity contribution in [2.24, 2.45) is 5.92 Å². The van der Waals surface area contributed by atoms with Gasteiger partial charge in [0.2, 0.25) is 17.7 Å². The van der Waals surface area contributed by atoms with Crippen molar-refractivity contribution in [3.63, 3.8) is 0 Å². The highest BCUT2D eigenvalue weighted by atomic mass is 16.2. The van der Waals surface area contributed by atoms with E-state index in [1.807, 2.05) is 27.7 Å². The fraction of sp³-hybridized carbons (Fsp3) is 0.769. The van der Waals surface area contributed by atoms with Crippen molar-refractivity contribution in [2.45, 2.75) is 59.7 Å². The van der Waals surface area contributed by atoms with Crippen molar-refractivity contribution in [1.29, 1.82) is 0 Å². The Morgan fingerprint density at radius 1 is 0.789 bits per heavy atom. The summed E-state index contributed by atoms with van der Waals surface area (Å²) in [5.41, 5.74) is 0. The van der Waals surface area contributed by atoms with Crippen LogP contribution in [0.4, 0.5) is 0 Å². The molecule has 0 aliphatic heterocycles. The van der Waals surface area contributed by atoms with E-state index in [1.54, 1.807) is 6.92 Å². The molecule has 0 saturated carbocycles. The maximum atomic E-state index is 12.0. The van der Waals surface area contributed by atoms with E-state index >= 15 is 0 Å². The van der Waals surface area contributed by atoms with Crippen molar-refractivity contribution in [2.75, 3.05) is 0 Å². The molecule has 0 bridgehead atoms. The first kappa shape index (κ1) is 17.4.